The fourth-order valence-corrected chi connectivity index (χ4v) is 5.03. The van der Waals surface area contributed by atoms with Crippen molar-refractivity contribution < 1.29 is 0 Å². The summed E-state index contributed by atoms with van der Waals surface area (Å²) >= 11 is 0. The SMILES string of the molecule is C=CN=C(C=NC)c1ccc2c(c1)nc1n2C2CCC1CN(C1CCC1)C2. The molecule has 0 spiro atoms. The second-order valence-electron chi connectivity index (χ2n) is 8.09. The Bertz CT molecular complexity index is 934. The molecular weight excluding hydrogens is 334 g/mol. The molecule has 1 saturated carbocycles. The minimum absolute atomic E-state index is 0.564. The molecule has 4 aliphatic rings. The first-order chi connectivity index (χ1) is 13.3. The summed E-state index contributed by atoms with van der Waals surface area (Å²) in [5.41, 5.74) is 4.23. The predicted octanol–water partition coefficient (Wildman–Crippen LogP) is 3.96. The van der Waals surface area contributed by atoms with E-state index in [1.165, 1.54) is 56.5 Å². The molecule has 5 nitrogen and oxygen atoms in total. The van der Waals surface area contributed by atoms with Crippen LogP contribution in [0.25, 0.3) is 11.0 Å². The summed E-state index contributed by atoms with van der Waals surface area (Å²) in [6.07, 6.45) is 10.1. The van der Waals surface area contributed by atoms with Crippen LogP contribution >= 0.6 is 0 Å². The van der Waals surface area contributed by atoms with Crippen molar-refractivity contribution in [3.8, 4) is 0 Å². The van der Waals surface area contributed by atoms with Crippen molar-refractivity contribution >= 4 is 23.0 Å². The van der Waals surface area contributed by atoms with Gasteiger partial charge in [0.25, 0.3) is 0 Å². The summed E-state index contributed by atoms with van der Waals surface area (Å²) in [5, 5.41) is 0. The standard InChI is InChI=1S/C22H27N5/c1-3-24-20(12-23-2)15-8-10-21-19(11-15)25-22-16-7-9-18(27(21)22)14-26(13-16)17-5-4-6-17/h3,8,10-12,16-18H,1,4-7,9,13-14H2,2H3. The van der Waals surface area contributed by atoms with Gasteiger partial charge in [-0.1, -0.05) is 19.1 Å². The van der Waals surface area contributed by atoms with Crippen LogP contribution in [0, 0.1) is 0 Å². The van der Waals surface area contributed by atoms with Crippen molar-refractivity contribution in [3.05, 3.63) is 42.4 Å². The lowest BCUT2D eigenvalue weighted by molar-refractivity contribution is 0.121. The van der Waals surface area contributed by atoms with Crippen LogP contribution in [0.5, 0.6) is 0 Å². The third-order valence-electron chi connectivity index (χ3n) is 6.56. The highest BCUT2D eigenvalue weighted by Gasteiger charge is 2.39. The molecule has 0 amide bonds. The van der Waals surface area contributed by atoms with E-state index in [0.717, 1.165) is 22.8 Å². The van der Waals surface area contributed by atoms with Crippen LogP contribution in [0.15, 0.2) is 41.0 Å². The molecule has 2 unspecified atom stereocenters. The lowest BCUT2D eigenvalue weighted by Gasteiger charge is -2.37. The summed E-state index contributed by atoms with van der Waals surface area (Å²) in [7, 11) is 1.77. The second-order valence-corrected chi connectivity index (χ2v) is 8.09. The van der Waals surface area contributed by atoms with E-state index < -0.39 is 0 Å². The molecule has 5 heteroatoms. The van der Waals surface area contributed by atoms with Gasteiger partial charge in [0, 0.05) is 56.1 Å². The largest absolute Gasteiger partial charge is 0.323 e. The van der Waals surface area contributed by atoms with Gasteiger partial charge in [-0.2, -0.15) is 0 Å². The van der Waals surface area contributed by atoms with Crippen molar-refractivity contribution in [2.24, 2.45) is 9.98 Å². The van der Waals surface area contributed by atoms with Gasteiger partial charge in [-0.25, -0.2) is 4.98 Å². The molecule has 140 valence electrons. The molecule has 2 bridgehead atoms. The van der Waals surface area contributed by atoms with Crippen LogP contribution in [0.4, 0.5) is 0 Å². The second kappa shape index (κ2) is 6.71. The molecule has 6 rings (SSSR count). The van der Waals surface area contributed by atoms with Gasteiger partial charge < -0.3 is 4.57 Å². The topological polar surface area (TPSA) is 45.8 Å². The monoisotopic (exact) mass is 361 g/mol. The highest BCUT2D eigenvalue weighted by Crippen LogP contribution is 2.42. The number of nitrogens with zero attached hydrogens (tertiary/aromatic N) is 5. The average molecular weight is 361 g/mol. The van der Waals surface area contributed by atoms with Gasteiger partial charge in [0.2, 0.25) is 0 Å². The van der Waals surface area contributed by atoms with Gasteiger partial charge >= 0.3 is 0 Å². The maximum atomic E-state index is 5.11. The van der Waals surface area contributed by atoms with E-state index in [9.17, 15) is 0 Å². The summed E-state index contributed by atoms with van der Waals surface area (Å²) in [6, 6.07) is 7.90. The van der Waals surface area contributed by atoms with Crippen molar-refractivity contribution in [1.82, 2.24) is 14.5 Å². The first kappa shape index (κ1) is 16.9. The zero-order valence-corrected chi connectivity index (χ0v) is 16.0. The number of imidazole rings is 1. The molecule has 2 aromatic rings. The Balaban J connectivity index is 1.55. The molecule has 1 aromatic carbocycles. The Labute approximate surface area is 160 Å². The van der Waals surface area contributed by atoms with Gasteiger partial charge in [0.1, 0.15) is 5.82 Å². The van der Waals surface area contributed by atoms with Crippen molar-refractivity contribution in [2.75, 3.05) is 20.1 Å². The van der Waals surface area contributed by atoms with E-state index in [1.807, 2.05) is 0 Å². The van der Waals surface area contributed by atoms with Crippen LogP contribution in [0.1, 0.15) is 55.5 Å². The third kappa shape index (κ3) is 2.76. The maximum absolute atomic E-state index is 5.11. The molecule has 2 atom stereocenters. The van der Waals surface area contributed by atoms with Crippen molar-refractivity contribution in [3.63, 3.8) is 0 Å². The van der Waals surface area contributed by atoms with Crippen LogP contribution in [-0.4, -0.2) is 52.6 Å². The minimum Gasteiger partial charge on any atom is -0.323 e. The lowest BCUT2D eigenvalue weighted by Crippen LogP contribution is -2.42. The van der Waals surface area contributed by atoms with Crippen LogP contribution in [0.2, 0.25) is 0 Å². The van der Waals surface area contributed by atoms with E-state index in [0.29, 0.717) is 12.0 Å². The van der Waals surface area contributed by atoms with E-state index in [4.69, 9.17) is 4.98 Å². The number of hydrogen-bond acceptors (Lipinski definition) is 4. The molecule has 1 saturated heterocycles. The zero-order valence-electron chi connectivity index (χ0n) is 16.0. The van der Waals surface area contributed by atoms with Gasteiger partial charge in [0.15, 0.2) is 0 Å². The van der Waals surface area contributed by atoms with E-state index in [2.05, 4.69) is 44.2 Å². The quantitative estimate of drug-likeness (QED) is 0.774. The fourth-order valence-electron chi connectivity index (χ4n) is 5.03. The number of aromatic nitrogens is 2. The Hall–Kier alpha value is -2.27. The smallest absolute Gasteiger partial charge is 0.114 e. The predicted molar refractivity (Wildman–Crippen MR) is 111 cm³/mol. The fraction of sp³-hybridized carbons (Fsp3) is 0.500. The van der Waals surface area contributed by atoms with Gasteiger partial charge in [-0.3, -0.25) is 14.9 Å². The molecule has 0 radical (unpaired) electrons. The molecule has 1 aliphatic carbocycles. The van der Waals surface area contributed by atoms with Crippen LogP contribution in [0.3, 0.4) is 0 Å². The molecule has 4 heterocycles. The lowest BCUT2D eigenvalue weighted by atomic mass is 9.91. The number of fused-ring (bicyclic) bond motifs is 4. The van der Waals surface area contributed by atoms with Crippen molar-refractivity contribution in [2.45, 2.75) is 50.1 Å². The first-order valence-corrected chi connectivity index (χ1v) is 10.2. The normalized spacial score (nSPS) is 26.3. The van der Waals surface area contributed by atoms with Crippen LogP contribution in [-0.2, 0) is 0 Å². The Morgan fingerprint density at radius 3 is 2.81 bits per heavy atom. The number of aliphatic imine (C=N–C) groups is 2. The van der Waals surface area contributed by atoms with Gasteiger partial charge in [0.05, 0.1) is 16.7 Å². The van der Waals surface area contributed by atoms with Crippen molar-refractivity contribution in [1.29, 1.82) is 0 Å². The van der Waals surface area contributed by atoms with E-state index in [-0.39, 0.29) is 0 Å². The number of benzene rings is 1. The molecule has 3 aliphatic heterocycles. The molecule has 2 fully saturated rings. The number of hydrogen-bond donors (Lipinski definition) is 0. The highest BCUT2D eigenvalue weighted by molar-refractivity contribution is 6.38. The van der Waals surface area contributed by atoms with E-state index in [1.54, 1.807) is 19.5 Å². The molecule has 0 N–H and O–H groups in total. The Kier molecular flexibility index (Phi) is 4.20. The van der Waals surface area contributed by atoms with Gasteiger partial charge in [-0.15, -0.1) is 0 Å². The Morgan fingerprint density at radius 2 is 2.07 bits per heavy atom. The first-order valence-electron chi connectivity index (χ1n) is 10.2. The summed E-state index contributed by atoms with van der Waals surface area (Å²) in [6.45, 7) is 6.09. The number of rotatable bonds is 4. The summed E-state index contributed by atoms with van der Waals surface area (Å²) in [4.78, 5) is 16.4. The molecular formula is C22H27N5. The zero-order chi connectivity index (χ0) is 18.4. The summed E-state index contributed by atoms with van der Waals surface area (Å²) < 4.78 is 2.55. The minimum atomic E-state index is 0.564. The maximum Gasteiger partial charge on any atom is 0.114 e. The average Bonchev–Trinajstić information content (AvgIpc) is 2.81. The van der Waals surface area contributed by atoms with Gasteiger partial charge in [-0.05, 0) is 37.8 Å². The molecule has 1 aromatic heterocycles. The third-order valence-corrected chi connectivity index (χ3v) is 6.56. The summed E-state index contributed by atoms with van der Waals surface area (Å²) in [5.74, 6) is 1.87. The highest BCUT2D eigenvalue weighted by atomic mass is 15.3. The molecule has 27 heavy (non-hydrogen) atoms. The van der Waals surface area contributed by atoms with Crippen LogP contribution < -0.4 is 0 Å². The van der Waals surface area contributed by atoms with E-state index >= 15 is 0 Å². The Morgan fingerprint density at radius 1 is 1.19 bits per heavy atom.